The average Bonchev–Trinajstić information content (AvgIpc) is 3.85. The summed E-state index contributed by atoms with van der Waals surface area (Å²) in [6.45, 7) is 6.67. The molecule has 2 aliphatic carbocycles. The van der Waals surface area contributed by atoms with Crippen LogP contribution in [0.1, 0.15) is 74.5 Å². The molecule has 5 aromatic rings. The third kappa shape index (κ3) is 10.0. The van der Waals surface area contributed by atoms with Crippen LogP contribution in [0.3, 0.4) is 0 Å². The Morgan fingerprint density at radius 2 is 1.64 bits per heavy atom. The van der Waals surface area contributed by atoms with Gasteiger partial charge in [0.15, 0.2) is 11.5 Å². The molecule has 6 atom stereocenters. The number of oxime groups is 1. The summed E-state index contributed by atoms with van der Waals surface area (Å²) in [6, 6.07) is 30.9. The van der Waals surface area contributed by atoms with E-state index >= 15 is 4.79 Å². The number of non-ortho nitro benzene ring substituents is 1. The molecule has 4 aliphatic rings. The van der Waals surface area contributed by atoms with E-state index in [0.717, 1.165) is 53.2 Å². The molecule has 0 radical (unpaired) electrons. The lowest BCUT2D eigenvalue weighted by Gasteiger charge is -2.60. The standard InChI is InChI=1S/C56H59N3O11/c1-3-29-67-56-52(58(35-38-17-24-50-51(30-38)66-36-65-50)53(62)26-18-37-15-20-42(21-16-37)59(63)64)34-48(57-68-4-2)46-32-41(13-7-9-27-60)45(14-8-10-28-61)54(55(46)56)47-33-44(23-25-49(47)70-56)69-43-22-19-39-11-5-6-12-40(39)31-43/h3,5-6,11-12,15-26,30-33,41,45,52,54-55,60-61H,1,4,7-10,13-14,27-29,34-36H2,2H3. The SMILES string of the molecule is C=CCOC12Oc3ccc(Oc4ccc5ccccc5c4)cc3C3C(CCCCO)C(CCCCO)C=C(C(=NOCC)CC1N(Cc1ccc4c(c1)OCO4)C(=O)C=Cc1ccc([N+](=O)[O-])cc1)C32. The molecule has 2 aliphatic heterocycles. The maximum Gasteiger partial charge on any atom is 0.269 e. The summed E-state index contributed by atoms with van der Waals surface area (Å²) < 4.78 is 32.8. The van der Waals surface area contributed by atoms with Crippen molar-refractivity contribution in [1.82, 2.24) is 4.90 Å². The number of amides is 1. The highest BCUT2D eigenvalue weighted by atomic mass is 16.7. The second kappa shape index (κ2) is 21.7. The molecule has 0 spiro atoms. The highest BCUT2D eigenvalue weighted by Gasteiger charge is 2.65. The van der Waals surface area contributed by atoms with Gasteiger partial charge in [0, 0.05) is 55.9 Å². The van der Waals surface area contributed by atoms with Crippen LogP contribution in [-0.2, 0) is 20.9 Å². The van der Waals surface area contributed by atoms with Gasteiger partial charge in [0.1, 0.15) is 29.9 Å². The smallest absolute Gasteiger partial charge is 0.269 e. The van der Waals surface area contributed by atoms with Crippen molar-refractivity contribution < 1.29 is 48.5 Å². The van der Waals surface area contributed by atoms with Crippen molar-refractivity contribution in [2.75, 3.05) is 33.2 Å². The van der Waals surface area contributed by atoms with Gasteiger partial charge in [-0.2, -0.15) is 0 Å². The van der Waals surface area contributed by atoms with Gasteiger partial charge in [-0.3, -0.25) is 14.9 Å². The number of aliphatic hydroxyl groups is 2. The Bertz CT molecular complexity index is 2790. The van der Waals surface area contributed by atoms with E-state index in [4.69, 9.17) is 33.7 Å². The Morgan fingerprint density at radius 3 is 2.41 bits per heavy atom. The van der Waals surface area contributed by atoms with Gasteiger partial charge < -0.3 is 43.6 Å². The lowest BCUT2D eigenvalue weighted by Crippen LogP contribution is -2.70. The number of nitro groups is 1. The van der Waals surface area contributed by atoms with Gasteiger partial charge in [0.2, 0.25) is 18.5 Å². The molecule has 2 N–H and O–H groups in total. The van der Waals surface area contributed by atoms with Gasteiger partial charge in [0.25, 0.3) is 5.69 Å². The molecule has 1 saturated carbocycles. The van der Waals surface area contributed by atoms with Crippen LogP contribution >= 0.6 is 0 Å². The minimum absolute atomic E-state index is 0.00333. The molecule has 1 amide bonds. The van der Waals surface area contributed by atoms with Crippen molar-refractivity contribution in [2.24, 2.45) is 22.9 Å². The first-order valence-electron chi connectivity index (χ1n) is 24.2. The maximum atomic E-state index is 15.3. The fourth-order valence-corrected chi connectivity index (χ4v) is 10.8. The molecule has 0 aromatic heterocycles. The molecule has 6 unspecified atom stereocenters. The molecule has 1 fully saturated rings. The van der Waals surface area contributed by atoms with Gasteiger partial charge in [-0.15, -0.1) is 6.58 Å². The fraction of sp³-hybridized carbons (Fsp3) is 0.357. The normalized spacial score (nSPS) is 22.5. The number of aliphatic hydroxyl groups excluding tert-OH is 2. The summed E-state index contributed by atoms with van der Waals surface area (Å²) in [5, 5.41) is 38.5. The molecular weight excluding hydrogens is 891 g/mol. The summed E-state index contributed by atoms with van der Waals surface area (Å²) in [5.74, 6) is 0.384. The zero-order chi connectivity index (χ0) is 48.6. The van der Waals surface area contributed by atoms with E-state index in [0.29, 0.717) is 59.5 Å². The first-order valence-corrected chi connectivity index (χ1v) is 24.2. The summed E-state index contributed by atoms with van der Waals surface area (Å²) in [6.07, 6.45) is 11.7. The van der Waals surface area contributed by atoms with Crippen molar-refractivity contribution in [3.05, 3.63) is 160 Å². The number of allylic oxidation sites excluding steroid dienone is 1. The van der Waals surface area contributed by atoms with Crippen molar-refractivity contribution >= 4 is 34.2 Å². The van der Waals surface area contributed by atoms with Crippen molar-refractivity contribution in [2.45, 2.75) is 76.2 Å². The highest BCUT2D eigenvalue weighted by Crippen LogP contribution is 2.62. The monoisotopic (exact) mass is 949 g/mol. The Hall–Kier alpha value is -7.00. The molecule has 364 valence electrons. The van der Waals surface area contributed by atoms with Gasteiger partial charge in [-0.25, -0.2) is 0 Å². The first-order chi connectivity index (χ1) is 34.2. The number of nitrogens with zero attached hydrogens (tertiary/aromatic N) is 3. The Kier molecular flexibility index (Phi) is 14.9. The number of benzene rings is 5. The molecule has 2 heterocycles. The quantitative estimate of drug-likeness (QED) is 0.0236. The predicted molar refractivity (Wildman–Crippen MR) is 266 cm³/mol. The van der Waals surface area contributed by atoms with E-state index in [1.807, 2.05) is 67.6 Å². The van der Waals surface area contributed by atoms with Crippen LogP contribution in [0.5, 0.6) is 28.7 Å². The molecular formula is C56H59N3O11. The van der Waals surface area contributed by atoms with Gasteiger partial charge in [-0.05, 0) is 133 Å². The largest absolute Gasteiger partial charge is 0.459 e. The Balaban J connectivity index is 1.22. The number of rotatable bonds is 21. The number of hydrogen-bond acceptors (Lipinski definition) is 12. The third-order valence-electron chi connectivity index (χ3n) is 13.9. The van der Waals surface area contributed by atoms with Crippen LogP contribution in [0.25, 0.3) is 16.8 Å². The number of carbonyl (C=O) groups excluding carboxylic acids is 1. The van der Waals surface area contributed by atoms with E-state index in [1.165, 1.54) is 18.2 Å². The van der Waals surface area contributed by atoms with Crippen LogP contribution in [-0.4, -0.2) is 76.7 Å². The number of ether oxygens (including phenoxy) is 5. The maximum absolute atomic E-state index is 15.3. The van der Waals surface area contributed by atoms with Crippen LogP contribution < -0.4 is 18.9 Å². The number of nitro benzene ring substituents is 1. The third-order valence-corrected chi connectivity index (χ3v) is 13.9. The van der Waals surface area contributed by atoms with Crippen LogP contribution in [0, 0.1) is 27.9 Å². The predicted octanol–water partition coefficient (Wildman–Crippen LogP) is 10.7. The number of fused-ring (bicyclic) bond motifs is 4. The van der Waals surface area contributed by atoms with E-state index < -0.39 is 22.7 Å². The molecule has 0 saturated heterocycles. The summed E-state index contributed by atoms with van der Waals surface area (Å²) in [4.78, 5) is 34.0. The second-order valence-corrected chi connectivity index (χ2v) is 18.1. The Morgan fingerprint density at radius 1 is 0.900 bits per heavy atom. The van der Waals surface area contributed by atoms with Crippen LogP contribution in [0.4, 0.5) is 5.69 Å². The minimum Gasteiger partial charge on any atom is -0.459 e. The van der Waals surface area contributed by atoms with Crippen molar-refractivity contribution in [3.63, 3.8) is 0 Å². The van der Waals surface area contributed by atoms with Crippen LogP contribution in [0.15, 0.2) is 139 Å². The molecule has 14 nitrogen and oxygen atoms in total. The van der Waals surface area contributed by atoms with E-state index in [9.17, 15) is 20.3 Å². The first kappa shape index (κ1) is 48.0. The molecule has 9 rings (SSSR count). The molecule has 14 heteroatoms. The zero-order valence-corrected chi connectivity index (χ0v) is 39.3. The summed E-state index contributed by atoms with van der Waals surface area (Å²) >= 11 is 0. The van der Waals surface area contributed by atoms with Gasteiger partial charge in [0.05, 0.1) is 23.2 Å². The van der Waals surface area contributed by atoms with Gasteiger partial charge in [-0.1, -0.05) is 66.5 Å². The molecule has 70 heavy (non-hydrogen) atoms. The number of carbonyl (C=O) groups is 1. The van der Waals surface area contributed by atoms with E-state index in [1.54, 1.807) is 29.2 Å². The van der Waals surface area contributed by atoms with E-state index in [2.05, 4.69) is 30.9 Å². The second-order valence-electron chi connectivity index (χ2n) is 18.1. The van der Waals surface area contributed by atoms with Gasteiger partial charge >= 0.3 is 0 Å². The minimum atomic E-state index is -1.53. The average molecular weight is 950 g/mol. The summed E-state index contributed by atoms with van der Waals surface area (Å²) in [5.41, 5.74) is 3.81. The highest BCUT2D eigenvalue weighted by molar-refractivity contribution is 6.03. The number of hydrogen-bond donors (Lipinski definition) is 2. The van der Waals surface area contributed by atoms with E-state index in [-0.39, 0.29) is 68.9 Å². The lowest BCUT2D eigenvalue weighted by atomic mass is 9.55. The topological polar surface area (TPSA) is 172 Å². The lowest BCUT2D eigenvalue weighted by molar-refractivity contribution is -0.384. The molecule has 5 aromatic carbocycles. The summed E-state index contributed by atoms with van der Waals surface area (Å²) in [7, 11) is 0. The van der Waals surface area contributed by atoms with Crippen molar-refractivity contribution in [1.29, 1.82) is 0 Å². The molecule has 0 bridgehead atoms. The zero-order valence-electron chi connectivity index (χ0n) is 39.3. The fourth-order valence-electron chi connectivity index (χ4n) is 10.8. The number of unbranched alkanes of at least 4 members (excludes halogenated alkanes) is 2. The van der Waals surface area contributed by atoms with Crippen molar-refractivity contribution in [3.8, 4) is 28.7 Å². The van der Waals surface area contributed by atoms with Crippen LogP contribution in [0.2, 0.25) is 0 Å². The Labute approximate surface area is 407 Å².